The van der Waals surface area contributed by atoms with Gasteiger partial charge in [0.15, 0.2) is 5.11 Å². The number of amides is 1. The smallest absolute Gasteiger partial charge is 0.261 e. The van der Waals surface area contributed by atoms with Crippen molar-refractivity contribution in [2.24, 2.45) is 0 Å². The zero-order valence-electron chi connectivity index (χ0n) is 16.1. The first-order valence-corrected chi connectivity index (χ1v) is 10.6. The van der Waals surface area contributed by atoms with E-state index in [0.717, 1.165) is 29.6 Å². The molecule has 1 aliphatic rings. The summed E-state index contributed by atoms with van der Waals surface area (Å²) in [5, 5.41) is 5.89. The van der Waals surface area contributed by atoms with Gasteiger partial charge in [0, 0.05) is 22.8 Å². The Morgan fingerprint density at radius 1 is 1.28 bits per heavy atom. The largest absolute Gasteiger partial charge is 0.493 e. The van der Waals surface area contributed by atoms with Gasteiger partial charge in [-0.3, -0.25) is 10.1 Å². The van der Waals surface area contributed by atoms with Gasteiger partial charge >= 0.3 is 0 Å². The maximum Gasteiger partial charge on any atom is 0.261 e. The standard InChI is InChI=1S/C21H23BrN2O4S/c1-2-26-19-9-8-14(22)11-18(19)20(25)24-21(29)23-15-5-3-6-16(12-15)28-13-17-7-4-10-27-17/h3,5-6,8-9,11-12,17H,2,4,7,10,13H2,1H3,(H2,23,24,25,29). The van der Waals surface area contributed by atoms with Gasteiger partial charge in [-0.05, 0) is 62.3 Å². The van der Waals surface area contributed by atoms with Crippen molar-refractivity contribution in [2.45, 2.75) is 25.9 Å². The predicted molar refractivity (Wildman–Crippen MR) is 120 cm³/mol. The van der Waals surface area contributed by atoms with Crippen LogP contribution in [0.15, 0.2) is 46.9 Å². The number of hydrogen-bond acceptors (Lipinski definition) is 5. The molecule has 1 saturated heterocycles. The van der Waals surface area contributed by atoms with Crippen molar-refractivity contribution < 1.29 is 19.0 Å². The van der Waals surface area contributed by atoms with Crippen LogP contribution in [0.2, 0.25) is 0 Å². The molecule has 0 aromatic heterocycles. The number of carbonyl (C=O) groups is 1. The third kappa shape index (κ3) is 6.42. The van der Waals surface area contributed by atoms with Gasteiger partial charge in [0.05, 0.1) is 18.3 Å². The molecule has 2 N–H and O–H groups in total. The summed E-state index contributed by atoms with van der Waals surface area (Å²) >= 11 is 8.67. The van der Waals surface area contributed by atoms with Crippen molar-refractivity contribution in [3.63, 3.8) is 0 Å². The first-order chi connectivity index (χ1) is 14.0. The number of rotatable bonds is 7. The van der Waals surface area contributed by atoms with Crippen LogP contribution in [0, 0.1) is 0 Å². The van der Waals surface area contributed by atoms with E-state index < -0.39 is 0 Å². The van der Waals surface area contributed by atoms with Gasteiger partial charge in [0.25, 0.3) is 5.91 Å². The molecule has 2 aromatic carbocycles. The molecule has 0 spiro atoms. The molecule has 154 valence electrons. The fourth-order valence-electron chi connectivity index (χ4n) is 2.92. The van der Waals surface area contributed by atoms with E-state index in [1.54, 1.807) is 12.1 Å². The Morgan fingerprint density at radius 3 is 2.90 bits per heavy atom. The van der Waals surface area contributed by atoms with E-state index in [9.17, 15) is 4.79 Å². The molecule has 3 rings (SSSR count). The van der Waals surface area contributed by atoms with Crippen LogP contribution in [0.25, 0.3) is 0 Å². The zero-order valence-corrected chi connectivity index (χ0v) is 18.5. The third-order valence-corrected chi connectivity index (χ3v) is 4.96. The Hall–Kier alpha value is -2.16. The highest BCUT2D eigenvalue weighted by Gasteiger charge is 2.17. The number of thiocarbonyl (C=S) groups is 1. The molecule has 2 aromatic rings. The normalized spacial score (nSPS) is 15.6. The molecule has 29 heavy (non-hydrogen) atoms. The molecule has 6 nitrogen and oxygen atoms in total. The van der Waals surface area contributed by atoms with E-state index in [1.165, 1.54) is 0 Å². The Morgan fingerprint density at radius 2 is 2.14 bits per heavy atom. The number of hydrogen-bond donors (Lipinski definition) is 2. The summed E-state index contributed by atoms with van der Waals surface area (Å²) in [5.74, 6) is 0.865. The van der Waals surface area contributed by atoms with Crippen molar-refractivity contribution in [1.82, 2.24) is 5.32 Å². The van der Waals surface area contributed by atoms with Crippen LogP contribution in [0.4, 0.5) is 5.69 Å². The fourth-order valence-corrected chi connectivity index (χ4v) is 3.49. The van der Waals surface area contributed by atoms with Crippen LogP contribution in [0.3, 0.4) is 0 Å². The summed E-state index contributed by atoms with van der Waals surface area (Å²) in [6.07, 6.45) is 2.25. The van der Waals surface area contributed by atoms with E-state index in [1.807, 2.05) is 37.3 Å². The van der Waals surface area contributed by atoms with Crippen LogP contribution in [-0.4, -0.2) is 36.9 Å². The van der Waals surface area contributed by atoms with Gasteiger partial charge in [-0.1, -0.05) is 22.0 Å². The van der Waals surface area contributed by atoms with E-state index in [0.29, 0.717) is 30.3 Å². The number of ether oxygens (including phenoxy) is 3. The molecule has 1 amide bonds. The first kappa shape index (κ1) is 21.5. The van der Waals surface area contributed by atoms with Crippen molar-refractivity contribution in [3.05, 3.63) is 52.5 Å². The summed E-state index contributed by atoms with van der Waals surface area (Å²) in [5.41, 5.74) is 1.12. The topological polar surface area (TPSA) is 68.8 Å². The lowest BCUT2D eigenvalue weighted by molar-refractivity contribution is 0.0680. The average Bonchev–Trinajstić information content (AvgIpc) is 3.22. The SMILES string of the molecule is CCOc1ccc(Br)cc1C(=O)NC(=S)Nc1cccc(OCC2CCCO2)c1. The molecular formula is C21H23BrN2O4S. The van der Waals surface area contributed by atoms with E-state index in [4.69, 9.17) is 26.4 Å². The summed E-state index contributed by atoms with van der Waals surface area (Å²) in [7, 11) is 0. The highest BCUT2D eigenvalue weighted by molar-refractivity contribution is 9.10. The Kier molecular flexibility index (Phi) is 7.85. The minimum absolute atomic E-state index is 0.150. The monoisotopic (exact) mass is 478 g/mol. The first-order valence-electron chi connectivity index (χ1n) is 9.44. The number of anilines is 1. The summed E-state index contributed by atoms with van der Waals surface area (Å²) in [6, 6.07) is 12.7. The van der Waals surface area contributed by atoms with Gasteiger partial charge in [-0.2, -0.15) is 0 Å². The van der Waals surface area contributed by atoms with Gasteiger partial charge in [0.2, 0.25) is 0 Å². The highest BCUT2D eigenvalue weighted by atomic mass is 79.9. The molecule has 0 bridgehead atoms. The fraction of sp³-hybridized carbons (Fsp3) is 0.333. The second kappa shape index (κ2) is 10.6. The van der Waals surface area contributed by atoms with Crippen molar-refractivity contribution in [3.8, 4) is 11.5 Å². The molecule has 8 heteroatoms. The van der Waals surface area contributed by atoms with Gasteiger partial charge in [0.1, 0.15) is 18.1 Å². The van der Waals surface area contributed by atoms with Gasteiger partial charge in [-0.15, -0.1) is 0 Å². The predicted octanol–water partition coefficient (Wildman–Crippen LogP) is 4.53. The molecule has 1 unspecified atom stereocenters. The Balaban J connectivity index is 1.58. The Bertz CT molecular complexity index is 872. The Labute approximate surface area is 184 Å². The average molecular weight is 479 g/mol. The van der Waals surface area contributed by atoms with Crippen LogP contribution in [0.1, 0.15) is 30.1 Å². The quantitative estimate of drug-likeness (QED) is 0.569. The maximum atomic E-state index is 12.6. The minimum Gasteiger partial charge on any atom is -0.493 e. The van der Waals surface area contributed by atoms with Gasteiger partial charge < -0.3 is 19.5 Å². The molecule has 0 radical (unpaired) electrons. The molecule has 0 aliphatic carbocycles. The lowest BCUT2D eigenvalue weighted by Gasteiger charge is -2.14. The van der Waals surface area contributed by atoms with Crippen molar-refractivity contribution >= 4 is 44.9 Å². The molecule has 1 fully saturated rings. The van der Waals surface area contributed by atoms with E-state index in [-0.39, 0.29) is 17.1 Å². The third-order valence-electron chi connectivity index (χ3n) is 4.26. The number of halogens is 1. The molecular weight excluding hydrogens is 456 g/mol. The zero-order chi connectivity index (χ0) is 20.6. The minimum atomic E-state index is -0.349. The number of benzene rings is 2. The van der Waals surface area contributed by atoms with Crippen molar-refractivity contribution in [1.29, 1.82) is 0 Å². The molecule has 1 aliphatic heterocycles. The highest BCUT2D eigenvalue weighted by Crippen LogP contribution is 2.24. The van der Waals surface area contributed by atoms with E-state index in [2.05, 4.69) is 26.6 Å². The lowest BCUT2D eigenvalue weighted by atomic mass is 10.2. The van der Waals surface area contributed by atoms with Crippen LogP contribution in [0.5, 0.6) is 11.5 Å². The second-order valence-corrected chi connectivity index (χ2v) is 7.78. The lowest BCUT2D eigenvalue weighted by Crippen LogP contribution is -2.34. The second-order valence-electron chi connectivity index (χ2n) is 6.46. The van der Waals surface area contributed by atoms with Gasteiger partial charge in [-0.25, -0.2) is 0 Å². The van der Waals surface area contributed by atoms with E-state index >= 15 is 0 Å². The molecule has 1 atom stereocenters. The molecule has 0 saturated carbocycles. The van der Waals surface area contributed by atoms with Crippen LogP contribution < -0.4 is 20.1 Å². The number of carbonyl (C=O) groups excluding carboxylic acids is 1. The summed E-state index contributed by atoms with van der Waals surface area (Å²) < 4.78 is 17.7. The van der Waals surface area contributed by atoms with Crippen LogP contribution in [-0.2, 0) is 4.74 Å². The maximum absolute atomic E-state index is 12.6. The molecule has 1 heterocycles. The number of nitrogens with one attached hydrogen (secondary N) is 2. The summed E-state index contributed by atoms with van der Waals surface area (Å²) in [6.45, 7) is 3.65. The van der Waals surface area contributed by atoms with Crippen LogP contribution >= 0.6 is 28.1 Å². The van der Waals surface area contributed by atoms with Crippen molar-refractivity contribution in [2.75, 3.05) is 25.1 Å². The summed E-state index contributed by atoms with van der Waals surface area (Å²) in [4.78, 5) is 12.6.